The summed E-state index contributed by atoms with van der Waals surface area (Å²) in [6.45, 7) is 0. The fourth-order valence-corrected chi connectivity index (χ4v) is 3.34. The van der Waals surface area contributed by atoms with Crippen LogP contribution in [0.5, 0.6) is 0 Å². The van der Waals surface area contributed by atoms with Gasteiger partial charge in [-0.3, -0.25) is 0 Å². The van der Waals surface area contributed by atoms with Crippen molar-refractivity contribution in [3.05, 3.63) is 101 Å². The van der Waals surface area contributed by atoms with Gasteiger partial charge in [0.25, 0.3) is 0 Å². The zero-order valence-electron chi connectivity index (χ0n) is 13.0. The van der Waals surface area contributed by atoms with Crippen molar-refractivity contribution < 1.29 is 0 Å². The maximum absolute atomic E-state index is 5.95. The van der Waals surface area contributed by atoms with Gasteiger partial charge in [0.1, 0.15) is 0 Å². The Morgan fingerprint density at radius 3 is 2.78 bits per heavy atom. The SMILES string of the molecule is Nc1cccc(/C=C2\C3=CC=CCC3=CCc3ccccc32)c1. The predicted molar refractivity (Wildman–Crippen MR) is 98.8 cm³/mol. The zero-order valence-corrected chi connectivity index (χ0v) is 13.0. The van der Waals surface area contributed by atoms with Gasteiger partial charge >= 0.3 is 0 Å². The molecule has 1 nitrogen and oxygen atoms in total. The number of nitrogens with two attached hydrogens (primary N) is 1. The molecule has 2 aromatic rings. The molecule has 0 aliphatic heterocycles. The van der Waals surface area contributed by atoms with Gasteiger partial charge in [-0.15, -0.1) is 0 Å². The number of nitrogen functional groups attached to an aromatic ring is 1. The zero-order chi connectivity index (χ0) is 15.6. The van der Waals surface area contributed by atoms with E-state index in [0.717, 1.165) is 24.1 Å². The third-order valence-corrected chi connectivity index (χ3v) is 4.47. The van der Waals surface area contributed by atoms with E-state index in [1.807, 2.05) is 18.2 Å². The molecule has 0 aromatic heterocycles. The fourth-order valence-electron chi connectivity index (χ4n) is 3.34. The van der Waals surface area contributed by atoms with Gasteiger partial charge in [0.2, 0.25) is 0 Å². The molecule has 0 fully saturated rings. The Morgan fingerprint density at radius 2 is 1.87 bits per heavy atom. The molecule has 0 heterocycles. The van der Waals surface area contributed by atoms with Gasteiger partial charge in [0, 0.05) is 5.69 Å². The third-order valence-electron chi connectivity index (χ3n) is 4.47. The van der Waals surface area contributed by atoms with Crippen molar-refractivity contribution in [3.8, 4) is 0 Å². The second-order valence-electron chi connectivity index (χ2n) is 6.03. The molecular weight excluding hydrogens is 278 g/mol. The topological polar surface area (TPSA) is 26.0 Å². The Kier molecular flexibility index (Phi) is 3.47. The van der Waals surface area contributed by atoms with E-state index in [2.05, 4.69) is 60.7 Å². The summed E-state index contributed by atoms with van der Waals surface area (Å²) in [4.78, 5) is 0. The minimum Gasteiger partial charge on any atom is -0.399 e. The fraction of sp³-hybridized carbons (Fsp3) is 0.0909. The average Bonchev–Trinajstić information content (AvgIpc) is 2.73. The molecule has 2 aliphatic carbocycles. The number of rotatable bonds is 1. The van der Waals surface area contributed by atoms with E-state index in [4.69, 9.17) is 5.73 Å². The summed E-state index contributed by atoms with van der Waals surface area (Å²) in [6, 6.07) is 16.8. The van der Waals surface area contributed by atoms with Crippen molar-refractivity contribution in [1.82, 2.24) is 0 Å². The van der Waals surface area contributed by atoms with Gasteiger partial charge < -0.3 is 5.73 Å². The molecule has 0 bridgehead atoms. The van der Waals surface area contributed by atoms with Crippen LogP contribution in [0.4, 0.5) is 5.69 Å². The first kappa shape index (κ1) is 13.8. The Labute approximate surface area is 137 Å². The first-order valence-corrected chi connectivity index (χ1v) is 8.03. The number of allylic oxidation sites excluding steroid dienone is 7. The van der Waals surface area contributed by atoms with Gasteiger partial charge in [-0.25, -0.2) is 0 Å². The van der Waals surface area contributed by atoms with E-state index >= 15 is 0 Å². The molecular formula is C22H19N. The maximum Gasteiger partial charge on any atom is 0.0319 e. The summed E-state index contributed by atoms with van der Waals surface area (Å²) >= 11 is 0. The molecule has 2 aromatic carbocycles. The van der Waals surface area contributed by atoms with Crippen LogP contribution in [0.15, 0.2) is 84.0 Å². The first-order valence-electron chi connectivity index (χ1n) is 8.03. The van der Waals surface area contributed by atoms with Crippen LogP contribution < -0.4 is 5.73 Å². The standard InChI is InChI=1S/C22H19N/c23-19-9-5-6-16(14-19)15-22-20-10-3-1-7-17(20)12-13-18-8-2-4-11-21(18)22/h1-7,9-11,13-15H,8,12,23H2/b22-15-. The quantitative estimate of drug-likeness (QED) is 0.721. The van der Waals surface area contributed by atoms with Crippen LogP contribution in [-0.4, -0.2) is 0 Å². The predicted octanol–water partition coefficient (Wildman–Crippen LogP) is 5.18. The van der Waals surface area contributed by atoms with Crippen molar-refractivity contribution in [1.29, 1.82) is 0 Å². The average molecular weight is 297 g/mol. The lowest BCUT2D eigenvalue weighted by Crippen LogP contribution is -1.96. The summed E-state index contributed by atoms with van der Waals surface area (Å²) in [5, 5.41) is 0. The maximum atomic E-state index is 5.95. The highest BCUT2D eigenvalue weighted by molar-refractivity contribution is 5.96. The normalized spacial score (nSPS) is 17.8. The molecule has 2 N–H and O–H groups in total. The van der Waals surface area contributed by atoms with Crippen molar-refractivity contribution in [3.63, 3.8) is 0 Å². The van der Waals surface area contributed by atoms with Gasteiger partial charge in [0.15, 0.2) is 0 Å². The molecule has 23 heavy (non-hydrogen) atoms. The van der Waals surface area contributed by atoms with Crippen LogP contribution in [0, 0.1) is 0 Å². The number of hydrogen-bond donors (Lipinski definition) is 1. The summed E-state index contributed by atoms with van der Waals surface area (Å²) in [7, 11) is 0. The van der Waals surface area contributed by atoms with E-state index in [0.29, 0.717) is 0 Å². The highest BCUT2D eigenvalue weighted by Gasteiger charge is 2.19. The summed E-state index contributed by atoms with van der Waals surface area (Å²) < 4.78 is 0. The van der Waals surface area contributed by atoms with Crippen LogP contribution in [-0.2, 0) is 6.42 Å². The Balaban J connectivity index is 1.94. The summed E-state index contributed by atoms with van der Waals surface area (Å²) in [6.07, 6.45) is 13.2. The molecule has 2 aliphatic rings. The molecule has 0 amide bonds. The van der Waals surface area contributed by atoms with E-state index in [-0.39, 0.29) is 0 Å². The largest absolute Gasteiger partial charge is 0.399 e. The van der Waals surface area contributed by atoms with E-state index in [1.54, 1.807) is 0 Å². The van der Waals surface area contributed by atoms with Crippen molar-refractivity contribution >= 4 is 17.3 Å². The van der Waals surface area contributed by atoms with Gasteiger partial charge in [-0.05, 0) is 64.5 Å². The summed E-state index contributed by atoms with van der Waals surface area (Å²) in [5.41, 5.74) is 14.6. The van der Waals surface area contributed by atoms with Crippen LogP contribution in [0.3, 0.4) is 0 Å². The molecule has 0 saturated heterocycles. The van der Waals surface area contributed by atoms with Crippen molar-refractivity contribution in [2.45, 2.75) is 12.8 Å². The molecule has 0 saturated carbocycles. The lowest BCUT2D eigenvalue weighted by atomic mass is 9.87. The van der Waals surface area contributed by atoms with Crippen molar-refractivity contribution in [2.24, 2.45) is 0 Å². The number of anilines is 1. The highest BCUT2D eigenvalue weighted by Crippen LogP contribution is 2.38. The van der Waals surface area contributed by atoms with Crippen LogP contribution in [0.2, 0.25) is 0 Å². The minimum absolute atomic E-state index is 0.801. The molecule has 4 rings (SSSR count). The number of benzene rings is 2. The lowest BCUT2D eigenvalue weighted by Gasteiger charge is -2.17. The molecule has 1 heteroatoms. The molecule has 0 unspecified atom stereocenters. The van der Waals surface area contributed by atoms with E-state index < -0.39 is 0 Å². The first-order chi connectivity index (χ1) is 11.3. The monoisotopic (exact) mass is 297 g/mol. The Bertz CT molecular complexity index is 878. The smallest absolute Gasteiger partial charge is 0.0319 e. The van der Waals surface area contributed by atoms with Crippen molar-refractivity contribution in [2.75, 3.05) is 5.73 Å². The van der Waals surface area contributed by atoms with E-state index in [1.165, 1.54) is 27.8 Å². The summed E-state index contributed by atoms with van der Waals surface area (Å²) in [5.74, 6) is 0. The molecule has 0 atom stereocenters. The second kappa shape index (κ2) is 5.77. The minimum atomic E-state index is 0.801. The molecule has 0 radical (unpaired) electrons. The highest BCUT2D eigenvalue weighted by atomic mass is 14.5. The lowest BCUT2D eigenvalue weighted by molar-refractivity contribution is 1.18. The third kappa shape index (κ3) is 2.66. The number of hydrogen-bond acceptors (Lipinski definition) is 1. The van der Waals surface area contributed by atoms with Crippen LogP contribution >= 0.6 is 0 Å². The van der Waals surface area contributed by atoms with Gasteiger partial charge in [0.05, 0.1) is 0 Å². The Hall–Kier alpha value is -2.80. The van der Waals surface area contributed by atoms with E-state index in [9.17, 15) is 0 Å². The molecule has 112 valence electrons. The van der Waals surface area contributed by atoms with Crippen LogP contribution in [0.1, 0.15) is 23.1 Å². The van der Waals surface area contributed by atoms with Gasteiger partial charge in [-0.1, -0.05) is 60.7 Å². The van der Waals surface area contributed by atoms with Crippen LogP contribution in [0.25, 0.3) is 11.6 Å². The number of fused-ring (bicyclic) bond motifs is 2. The van der Waals surface area contributed by atoms with Gasteiger partial charge in [-0.2, -0.15) is 0 Å². The second-order valence-corrected chi connectivity index (χ2v) is 6.03. The molecule has 0 spiro atoms. The Morgan fingerprint density at radius 1 is 0.957 bits per heavy atom.